The lowest BCUT2D eigenvalue weighted by atomic mass is 10.1. The Bertz CT molecular complexity index is 1010. The molecule has 140 valence electrons. The molecule has 0 aliphatic rings. The van der Waals surface area contributed by atoms with Crippen LogP contribution in [-0.2, 0) is 0 Å². The number of carbonyl (C=O) groups is 2. The van der Waals surface area contributed by atoms with E-state index >= 15 is 0 Å². The molecule has 3 rings (SSSR count). The van der Waals surface area contributed by atoms with Crippen LogP contribution >= 0.6 is 15.9 Å². The van der Waals surface area contributed by atoms with E-state index in [2.05, 4.69) is 26.5 Å². The normalized spacial score (nSPS) is 10.6. The molecule has 0 aliphatic carbocycles. The van der Waals surface area contributed by atoms with Crippen LogP contribution in [0.25, 0.3) is 0 Å². The number of nitrogens with one attached hydrogen (secondary N) is 1. The molecule has 0 bridgehead atoms. The van der Waals surface area contributed by atoms with Crippen LogP contribution < -0.4 is 10.2 Å². The van der Waals surface area contributed by atoms with E-state index in [9.17, 15) is 9.59 Å². The molecule has 0 aliphatic heterocycles. The van der Waals surface area contributed by atoms with E-state index in [0.29, 0.717) is 21.3 Å². The van der Waals surface area contributed by atoms with Gasteiger partial charge in [-0.2, -0.15) is 5.10 Å². The summed E-state index contributed by atoms with van der Waals surface area (Å²) in [7, 11) is 0. The molecule has 1 N–H and O–H groups in total. The van der Waals surface area contributed by atoms with Gasteiger partial charge >= 0.3 is 5.97 Å². The minimum Gasteiger partial charge on any atom is -0.423 e. The summed E-state index contributed by atoms with van der Waals surface area (Å²) in [4.78, 5) is 24.2. The highest BCUT2D eigenvalue weighted by Gasteiger charge is 2.11. The Hall–Kier alpha value is -3.25. The van der Waals surface area contributed by atoms with E-state index in [1.807, 2.05) is 25.1 Å². The molecule has 0 fully saturated rings. The topological polar surface area (TPSA) is 67.8 Å². The quantitative estimate of drug-likeness (QED) is 0.271. The standard InChI is InChI=1S/C22H17BrN2O3/c1-15-6-10-17(11-7-15)21(26)25-24-14-16-8-12-18(13-9-16)28-22(27)19-4-2-3-5-20(19)23/h2-14H,1H3,(H,25,26)/b24-14-. The number of aryl methyl sites for hydroxylation is 1. The number of benzene rings is 3. The summed E-state index contributed by atoms with van der Waals surface area (Å²) in [6.07, 6.45) is 1.52. The van der Waals surface area contributed by atoms with E-state index < -0.39 is 5.97 Å². The maximum absolute atomic E-state index is 12.2. The molecule has 0 saturated heterocycles. The average Bonchev–Trinajstić information content (AvgIpc) is 2.70. The first kappa shape index (κ1) is 19.5. The zero-order valence-electron chi connectivity index (χ0n) is 15.1. The van der Waals surface area contributed by atoms with E-state index in [1.165, 1.54) is 6.21 Å². The van der Waals surface area contributed by atoms with E-state index in [-0.39, 0.29) is 5.91 Å². The highest BCUT2D eigenvalue weighted by atomic mass is 79.9. The fourth-order valence-corrected chi connectivity index (χ4v) is 2.79. The van der Waals surface area contributed by atoms with Crippen LogP contribution in [0.3, 0.4) is 0 Å². The third-order valence-corrected chi connectivity index (χ3v) is 4.57. The fraction of sp³-hybridized carbons (Fsp3) is 0.0455. The van der Waals surface area contributed by atoms with E-state index in [4.69, 9.17) is 4.74 Å². The highest BCUT2D eigenvalue weighted by molar-refractivity contribution is 9.10. The number of rotatable bonds is 5. The molecule has 5 nitrogen and oxygen atoms in total. The molecule has 0 radical (unpaired) electrons. The second kappa shape index (κ2) is 9.10. The van der Waals surface area contributed by atoms with Crippen molar-refractivity contribution < 1.29 is 14.3 Å². The van der Waals surface area contributed by atoms with Crippen LogP contribution in [0.5, 0.6) is 5.75 Å². The second-order valence-corrected chi connectivity index (χ2v) is 6.86. The molecule has 0 atom stereocenters. The predicted molar refractivity (Wildman–Crippen MR) is 112 cm³/mol. The van der Waals surface area contributed by atoms with Crippen molar-refractivity contribution in [1.29, 1.82) is 0 Å². The Morgan fingerprint density at radius 2 is 1.64 bits per heavy atom. The van der Waals surface area contributed by atoms with Crippen LogP contribution in [0.15, 0.2) is 82.4 Å². The summed E-state index contributed by atoms with van der Waals surface area (Å²) in [5, 5.41) is 3.95. The number of ether oxygens (including phenoxy) is 1. The van der Waals surface area contributed by atoms with Crippen LogP contribution in [0.2, 0.25) is 0 Å². The van der Waals surface area contributed by atoms with Crippen molar-refractivity contribution >= 4 is 34.0 Å². The molecule has 28 heavy (non-hydrogen) atoms. The monoisotopic (exact) mass is 436 g/mol. The van der Waals surface area contributed by atoms with Gasteiger partial charge in [0.05, 0.1) is 11.8 Å². The lowest BCUT2D eigenvalue weighted by molar-refractivity contribution is 0.0733. The van der Waals surface area contributed by atoms with Gasteiger partial charge < -0.3 is 4.74 Å². The third kappa shape index (κ3) is 5.14. The first-order valence-corrected chi connectivity index (χ1v) is 9.29. The summed E-state index contributed by atoms with van der Waals surface area (Å²) < 4.78 is 6.04. The van der Waals surface area contributed by atoms with Crippen LogP contribution in [0.4, 0.5) is 0 Å². The molecule has 0 unspecified atom stereocenters. The predicted octanol–water partition coefficient (Wildman–Crippen LogP) is 4.74. The van der Waals surface area contributed by atoms with Gasteiger partial charge in [0.2, 0.25) is 0 Å². The number of esters is 1. The smallest absolute Gasteiger partial charge is 0.344 e. The van der Waals surface area contributed by atoms with Crippen molar-refractivity contribution in [3.63, 3.8) is 0 Å². The van der Waals surface area contributed by atoms with Crippen molar-refractivity contribution in [3.8, 4) is 5.75 Å². The number of hydrogen-bond acceptors (Lipinski definition) is 4. The van der Waals surface area contributed by atoms with Crippen LogP contribution in [-0.4, -0.2) is 18.1 Å². The van der Waals surface area contributed by atoms with Gasteiger partial charge in [-0.1, -0.05) is 29.8 Å². The van der Waals surface area contributed by atoms with Crippen molar-refractivity contribution in [2.24, 2.45) is 5.10 Å². The zero-order chi connectivity index (χ0) is 19.9. The van der Waals surface area contributed by atoms with Gasteiger partial charge in [0.25, 0.3) is 5.91 Å². The minimum absolute atomic E-state index is 0.282. The Morgan fingerprint density at radius 1 is 0.964 bits per heavy atom. The fourth-order valence-electron chi connectivity index (χ4n) is 2.35. The van der Waals surface area contributed by atoms with Gasteiger partial charge in [0.15, 0.2) is 0 Å². The van der Waals surface area contributed by atoms with Crippen molar-refractivity contribution in [2.45, 2.75) is 6.92 Å². The summed E-state index contributed by atoms with van der Waals surface area (Å²) >= 11 is 3.33. The lowest BCUT2D eigenvalue weighted by Gasteiger charge is -2.06. The second-order valence-electron chi connectivity index (χ2n) is 6.00. The van der Waals surface area contributed by atoms with Gasteiger partial charge in [-0.3, -0.25) is 4.79 Å². The highest BCUT2D eigenvalue weighted by Crippen LogP contribution is 2.19. The number of hydrogen-bond donors (Lipinski definition) is 1. The Labute approximate surface area is 171 Å². The summed E-state index contributed by atoms with van der Waals surface area (Å²) in [5.74, 6) is -0.309. The molecular weight excluding hydrogens is 420 g/mol. The number of nitrogens with zero attached hydrogens (tertiary/aromatic N) is 1. The number of halogens is 1. The van der Waals surface area contributed by atoms with E-state index in [0.717, 1.165) is 11.1 Å². The van der Waals surface area contributed by atoms with Gasteiger partial charge in [-0.25, -0.2) is 10.2 Å². The van der Waals surface area contributed by atoms with E-state index in [1.54, 1.807) is 54.6 Å². The lowest BCUT2D eigenvalue weighted by Crippen LogP contribution is -2.17. The molecule has 3 aromatic rings. The first-order valence-electron chi connectivity index (χ1n) is 8.50. The average molecular weight is 437 g/mol. The molecule has 0 heterocycles. The summed E-state index contributed by atoms with van der Waals surface area (Å²) in [6.45, 7) is 1.96. The van der Waals surface area contributed by atoms with Crippen LogP contribution in [0.1, 0.15) is 31.8 Å². The minimum atomic E-state index is -0.445. The molecule has 3 aromatic carbocycles. The Kier molecular flexibility index (Phi) is 6.34. The Morgan fingerprint density at radius 3 is 2.32 bits per heavy atom. The van der Waals surface area contributed by atoms with Gasteiger partial charge in [0, 0.05) is 10.0 Å². The van der Waals surface area contributed by atoms with Crippen molar-refractivity contribution in [2.75, 3.05) is 0 Å². The third-order valence-electron chi connectivity index (χ3n) is 3.88. The molecule has 0 aromatic heterocycles. The van der Waals surface area contributed by atoms with Gasteiger partial charge in [-0.05, 0) is 76.9 Å². The molecule has 0 spiro atoms. The SMILES string of the molecule is Cc1ccc(C(=O)N/N=C\c2ccc(OC(=O)c3ccccc3Br)cc2)cc1. The number of amides is 1. The van der Waals surface area contributed by atoms with Gasteiger partial charge in [-0.15, -0.1) is 0 Å². The Balaban J connectivity index is 1.57. The van der Waals surface area contributed by atoms with Crippen molar-refractivity contribution in [3.05, 3.63) is 99.5 Å². The molecule has 0 saturated carbocycles. The molecule has 1 amide bonds. The van der Waals surface area contributed by atoms with Crippen LogP contribution in [0, 0.1) is 6.92 Å². The molecule has 6 heteroatoms. The number of carbonyl (C=O) groups excluding carboxylic acids is 2. The first-order chi connectivity index (χ1) is 13.5. The molecular formula is C22H17BrN2O3. The van der Waals surface area contributed by atoms with Crippen molar-refractivity contribution in [1.82, 2.24) is 5.43 Å². The van der Waals surface area contributed by atoms with Gasteiger partial charge in [0.1, 0.15) is 5.75 Å². The maximum atomic E-state index is 12.2. The maximum Gasteiger partial charge on any atom is 0.344 e. The largest absolute Gasteiger partial charge is 0.423 e. The summed E-state index contributed by atoms with van der Waals surface area (Å²) in [6, 6.07) is 21.1. The zero-order valence-corrected chi connectivity index (χ0v) is 16.6. The summed E-state index contributed by atoms with van der Waals surface area (Å²) in [5.41, 5.74) is 5.31. The number of hydrazone groups is 1.